The Hall–Kier alpha value is -5.98. The van der Waals surface area contributed by atoms with E-state index in [1.165, 1.54) is 88.7 Å². The second kappa shape index (κ2) is 11.6. The van der Waals surface area contributed by atoms with Crippen LogP contribution >= 0.6 is 0 Å². The van der Waals surface area contributed by atoms with Crippen LogP contribution in [0.25, 0.3) is 49.7 Å². The topological polar surface area (TPSA) is 0 Å². The molecule has 1 spiro atoms. The molecule has 6 aromatic rings. The zero-order valence-electron chi connectivity index (χ0n) is 27.8. The molecule has 0 heteroatoms. The Balaban J connectivity index is 1.28. The van der Waals surface area contributed by atoms with Crippen LogP contribution in [0, 0.1) is 6.92 Å². The average Bonchev–Trinajstić information content (AvgIpc) is 3.61. The molecule has 0 aliphatic heterocycles. The van der Waals surface area contributed by atoms with E-state index in [2.05, 4.69) is 190 Å². The van der Waals surface area contributed by atoms with Crippen LogP contribution < -0.4 is 0 Å². The van der Waals surface area contributed by atoms with Gasteiger partial charge in [-0.2, -0.15) is 0 Å². The standard InChI is InChI=1S/C49H36/c1-33-17-9-7-5-3-4-6-8-10-18-38(33)43-31-36(26-25-34(43)2)37-28-27-35-29-30-42-41-21-13-16-24-47(41)49(48(42)44(35)32-37)45-22-14-11-19-39(45)40-20-12-15-23-46(40)49/h3-32H,1-2H3/b4-3-,5-3?,6-4?,7-5+,8-6-,9-7?,10-8?,17-9-,18-10+,33-17?,38-18?,38-33+. The van der Waals surface area contributed by atoms with E-state index in [4.69, 9.17) is 0 Å². The second-order valence-corrected chi connectivity index (χ2v) is 13.3. The molecule has 0 N–H and O–H groups in total. The molecule has 0 fully saturated rings. The normalized spacial score (nSPS) is 20.0. The highest BCUT2D eigenvalue weighted by Crippen LogP contribution is 2.64. The van der Waals surface area contributed by atoms with Crippen LogP contribution in [0.3, 0.4) is 0 Å². The molecule has 3 aliphatic rings. The first kappa shape index (κ1) is 29.2. The van der Waals surface area contributed by atoms with Crippen LogP contribution in [0.2, 0.25) is 0 Å². The third kappa shape index (κ3) is 4.45. The number of fused-ring (bicyclic) bond motifs is 12. The maximum Gasteiger partial charge on any atom is 0.0731 e. The number of aryl methyl sites for hydroxylation is 1. The minimum Gasteiger partial charge on any atom is -0.0623 e. The molecule has 0 atom stereocenters. The van der Waals surface area contributed by atoms with Gasteiger partial charge in [0.2, 0.25) is 0 Å². The van der Waals surface area contributed by atoms with E-state index in [0.717, 1.165) is 0 Å². The summed E-state index contributed by atoms with van der Waals surface area (Å²) in [5, 5.41) is 2.58. The number of rotatable bonds is 2. The molecule has 0 unspecified atom stereocenters. The molecule has 9 rings (SSSR count). The summed E-state index contributed by atoms with van der Waals surface area (Å²) in [6.07, 6.45) is 21.1. The molecule has 0 aromatic heterocycles. The smallest absolute Gasteiger partial charge is 0.0623 e. The summed E-state index contributed by atoms with van der Waals surface area (Å²) in [7, 11) is 0. The molecule has 6 aromatic carbocycles. The van der Waals surface area contributed by atoms with Gasteiger partial charge in [-0.15, -0.1) is 0 Å². The summed E-state index contributed by atoms with van der Waals surface area (Å²) in [6.45, 7) is 4.42. The zero-order valence-corrected chi connectivity index (χ0v) is 27.8. The fraction of sp³-hybridized carbons (Fsp3) is 0.0612. The van der Waals surface area contributed by atoms with Crippen molar-refractivity contribution in [2.45, 2.75) is 19.3 Å². The molecule has 49 heavy (non-hydrogen) atoms. The predicted octanol–water partition coefficient (Wildman–Crippen LogP) is 12.7. The van der Waals surface area contributed by atoms with Gasteiger partial charge in [-0.3, -0.25) is 0 Å². The molecule has 0 saturated heterocycles. The van der Waals surface area contributed by atoms with Gasteiger partial charge >= 0.3 is 0 Å². The van der Waals surface area contributed by atoms with E-state index in [1.54, 1.807) is 0 Å². The lowest BCUT2D eigenvalue weighted by Crippen LogP contribution is -2.26. The SMILES string of the molecule is CC1=C(c2cc(-c3ccc4ccc5c(c4c3)C3(c4ccccc4-c4ccccc43)c3ccccc3-5)ccc2C)/C=C/C=C\C=C/C=C/C=C\1. The lowest BCUT2D eigenvalue weighted by Gasteiger charge is -2.31. The average molecular weight is 625 g/mol. The van der Waals surface area contributed by atoms with Crippen molar-refractivity contribution in [3.63, 3.8) is 0 Å². The molecule has 232 valence electrons. The third-order valence-corrected chi connectivity index (χ3v) is 10.6. The Morgan fingerprint density at radius 1 is 0.408 bits per heavy atom. The highest BCUT2D eigenvalue weighted by Gasteiger charge is 2.52. The van der Waals surface area contributed by atoms with E-state index in [0.29, 0.717) is 0 Å². The van der Waals surface area contributed by atoms with Crippen molar-refractivity contribution >= 4 is 16.3 Å². The van der Waals surface area contributed by atoms with Gasteiger partial charge in [0, 0.05) is 0 Å². The predicted molar refractivity (Wildman–Crippen MR) is 209 cm³/mol. The third-order valence-electron chi connectivity index (χ3n) is 10.6. The number of benzene rings is 6. The van der Waals surface area contributed by atoms with E-state index >= 15 is 0 Å². The Morgan fingerprint density at radius 2 is 0.918 bits per heavy atom. The molecule has 0 radical (unpaired) electrons. The molecule has 0 bridgehead atoms. The van der Waals surface area contributed by atoms with Crippen LogP contribution in [-0.2, 0) is 5.41 Å². The second-order valence-electron chi connectivity index (χ2n) is 13.3. The van der Waals surface area contributed by atoms with Gasteiger partial charge in [0.05, 0.1) is 5.41 Å². The quantitative estimate of drug-likeness (QED) is 0.179. The number of hydrogen-bond acceptors (Lipinski definition) is 0. The van der Waals surface area contributed by atoms with Gasteiger partial charge in [0.15, 0.2) is 0 Å². The highest BCUT2D eigenvalue weighted by molar-refractivity contribution is 6.04. The Labute approximate surface area is 289 Å². The van der Waals surface area contributed by atoms with Crippen molar-refractivity contribution in [2.75, 3.05) is 0 Å². The van der Waals surface area contributed by atoms with Crippen molar-refractivity contribution in [3.8, 4) is 33.4 Å². The Bertz CT molecular complexity index is 2440. The molecule has 3 aliphatic carbocycles. The van der Waals surface area contributed by atoms with Gasteiger partial charge in [-0.25, -0.2) is 0 Å². The minimum absolute atomic E-state index is 0.375. The largest absolute Gasteiger partial charge is 0.0731 e. The van der Waals surface area contributed by atoms with Crippen molar-refractivity contribution < 1.29 is 0 Å². The van der Waals surface area contributed by atoms with Crippen LogP contribution in [0.4, 0.5) is 0 Å². The maximum absolute atomic E-state index is 2.46. The molecular formula is C49H36. The Kier molecular flexibility index (Phi) is 6.92. The lowest BCUT2D eigenvalue weighted by atomic mass is 9.69. The summed E-state index contributed by atoms with van der Waals surface area (Å²) in [5.74, 6) is 0. The van der Waals surface area contributed by atoms with Crippen LogP contribution in [0.1, 0.15) is 40.3 Å². The highest BCUT2D eigenvalue weighted by atomic mass is 14.5. The van der Waals surface area contributed by atoms with Crippen LogP contribution in [0.15, 0.2) is 188 Å². The Morgan fingerprint density at radius 3 is 1.57 bits per heavy atom. The van der Waals surface area contributed by atoms with E-state index in [1.807, 2.05) is 6.08 Å². The summed E-state index contributed by atoms with van der Waals surface area (Å²) >= 11 is 0. The van der Waals surface area contributed by atoms with Crippen LogP contribution in [0.5, 0.6) is 0 Å². The van der Waals surface area contributed by atoms with Gasteiger partial charge in [-0.1, -0.05) is 170 Å². The summed E-state index contributed by atoms with van der Waals surface area (Å²) in [6, 6.07) is 45.9. The molecule has 0 heterocycles. The minimum atomic E-state index is -0.375. The molecule has 0 amide bonds. The fourth-order valence-corrected chi connectivity index (χ4v) is 8.45. The first-order chi connectivity index (χ1) is 24.2. The van der Waals surface area contributed by atoms with Gasteiger partial charge in [0.1, 0.15) is 0 Å². The van der Waals surface area contributed by atoms with E-state index in [-0.39, 0.29) is 5.41 Å². The first-order valence-electron chi connectivity index (χ1n) is 17.2. The fourth-order valence-electron chi connectivity index (χ4n) is 8.45. The van der Waals surface area contributed by atoms with E-state index < -0.39 is 0 Å². The van der Waals surface area contributed by atoms with Gasteiger partial charge in [0.25, 0.3) is 0 Å². The maximum atomic E-state index is 2.46. The summed E-state index contributed by atoms with van der Waals surface area (Å²) < 4.78 is 0. The summed E-state index contributed by atoms with van der Waals surface area (Å²) in [4.78, 5) is 0. The number of allylic oxidation sites excluding steroid dienone is 12. The summed E-state index contributed by atoms with van der Waals surface area (Å²) in [5.41, 5.74) is 17.9. The van der Waals surface area contributed by atoms with Gasteiger partial charge < -0.3 is 0 Å². The molecule has 0 saturated carbocycles. The van der Waals surface area contributed by atoms with Crippen molar-refractivity contribution in [3.05, 3.63) is 221 Å². The molecule has 0 nitrogen and oxygen atoms in total. The number of hydrogen-bond donors (Lipinski definition) is 0. The van der Waals surface area contributed by atoms with Gasteiger partial charge in [-0.05, 0) is 115 Å². The van der Waals surface area contributed by atoms with Crippen molar-refractivity contribution in [1.82, 2.24) is 0 Å². The zero-order chi connectivity index (χ0) is 33.0. The van der Waals surface area contributed by atoms with Crippen molar-refractivity contribution in [1.29, 1.82) is 0 Å². The lowest BCUT2D eigenvalue weighted by molar-refractivity contribution is 0.801. The first-order valence-corrected chi connectivity index (χ1v) is 17.2. The monoisotopic (exact) mass is 624 g/mol. The van der Waals surface area contributed by atoms with Crippen LogP contribution in [-0.4, -0.2) is 0 Å². The van der Waals surface area contributed by atoms with Crippen molar-refractivity contribution in [2.24, 2.45) is 0 Å². The molecular weight excluding hydrogens is 589 g/mol. The van der Waals surface area contributed by atoms with E-state index in [9.17, 15) is 0 Å².